The van der Waals surface area contributed by atoms with Crippen LogP contribution in [0.4, 0.5) is 0 Å². The molecule has 0 spiro atoms. The summed E-state index contributed by atoms with van der Waals surface area (Å²) >= 11 is 1.41. The normalized spacial score (nSPS) is 12.5. The smallest absolute Gasteiger partial charge is 0.233 e. The van der Waals surface area contributed by atoms with Gasteiger partial charge in [-0.25, -0.2) is 10.1 Å². The second-order valence-corrected chi connectivity index (χ2v) is 7.54. The molecule has 26 heavy (non-hydrogen) atoms. The molecule has 132 valence electrons. The maximum Gasteiger partial charge on any atom is 0.233 e. The van der Waals surface area contributed by atoms with E-state index in [0.717, 1.165) is 21.8 Å². The lowest BCUT2D eigenvalue weighted by Crippen LogP contribution is -2.30. The number of thioether (sulfide) groups is 1. The fourth-order valence-electron chi connectivity index (χ4n) is 2.77. The second kappa shape index (κ2) is 6.84. The standard InChI is InChI=1S/C19H19N5OS/c1-12-7-9-14(10-8-12)11-20-17(25)13(2)26-19-23-22-18-21-15-5-3-4-6-16(15)24(18)19/h3-10,13H,11H2,1-2H3,(H,20,25)(H,21,22)/t13-/m0/s1. The monoisotopic (exact) mass is 365 g/mol. The molecule has 1 atom stereocenters. The van der Waals surface area contributed by atoms with E-state index in [1.165, 1.54) is 17.3 Å². The van der Waals surface area contributed by atoms with Crippen LogP contribution < -0.4 is 5.32 Å². The van der Waals surface area contributed by atoms with E-state index in [2.05, 4.69) is 20.5 Å². The van der Waals surface area contributed by atoms with Crippen molar-refractivity contribution in [3.05, 3.63) is 59.7 Å². The number of hydrogen-bond donors (Lipinski definition) is 2. The minimum atomic E-state index is -0.270. The van der Waals surface area contributed by atoms with Gasteiger partial charge < -0.3 is 5.32 Å². The third kappa shape index (κ3) is 3.17. The van der Waals surface area contributed by atoms with E-state index in [-0.39, 0.29) is 11.2 Å². The van der Waals surface area contributed by atoms with Crippen LogP contribution in [0.5, 0.6) is 0 Å². The van der Waals surface area contributed by atoms with Crippen LogP contribution >= 0.6 is 11.8 Å². The van der Waals surface area contributed by atoms with E-state index in [1.54, 1.807) is 0 Å². The number of para-hydroxylation sites is 2. The van der Waals surface area contributed by atoms with Gasteiger partial charge in [-0.2, -0.15) is 0 Å². The van der Waals surface area contributed by atoms with Gasteiger partial charge >= 0.3 is 0 Å². The minimum Gasteiger partial charge on any atom is -0.351 e. The summed E-state index contributed by atoms with van der Waals surface area (Å²) in [6, 6.07) is 16.0. The van der Waals surface area contributed by atoms with Gasteiger partial charge in [-0.1, -0.05) is 53.7 Å². The molecule has 7 heteroatoms. The van der Waals surface area contributed by atoms with E-state index in [0.29, 0.717) is 12.3 Å². The zero-order valence-corrected chi connectivity index (χ0v) is 15.4. The molecule has 0 saturated heterocycles. The number of aromatic amines is 1. The van der Waals surface area contributed by atoms with Crippen LogP contribution in [0.3, 0.4) is 0 Å². The van der Waals surface area contributed by atoms with E-state index >= 15 is 0 Å². The van der Waals surface area contributed by atoms with Crippen LogP contribution in [0.2, 0.25) is 0 Å². The number of imidazole rings is 1. The average Bonchev–Trinajstić information content (AvgIpc) is 3.20. The minimum absolute atomic E-state index is 0.0175. The highest BCUT2D eigenvalue weighted by molar-refractivity contribution is 8.00. The molecular formula is C19H19N5OS. The Bertz CT molecular complexity index is 1070. The molecule has 0 saturated carbocycles. The van der Waals surface area contributed by atoms with Gasteiger partial charge in [-0.3, -0.25) is 9.20 Å². The molecule has 2 aromatic heterocycles. The van der Waals surface area contributed by atoms with Crippen molar-refractivity contribution in [1.82, 2.24) is 24.9 Å². The highest BCUT2D eigenvalue weighted by Crippen LogP contribution is 2.26. The summed E-state index contributed by atoms with van der Waals surface area (Å²) in [4.78, 5) is 17.0. The molecule has 0 fully saturated rings. The van der Waals surface area contributed by atoms with Crippen LogP contribution in [0.25, 0.3) is 16.8 Å². The van der Waals surface area contributed by atoms with Gasteiger partial charge in [0.15, 0.2) is 5.16 Å². The summed E-state index contributed by atoms with van der Waals surface area (Å²) in [5.74, 6) is 0.664. The Labute approximate surface area is 155 Å². The third-order valence-corrected chi connectivity index (χ3v) is 5.29. The van der Waals surface area contributed by atoms with Crippen molar-refractivity contribution in [2.24, 2.45) is 0 Å². The number of carbonyl (C=O) groups excluding carboxylic acids is 1. The molecule has 0 aliphatic carbocycles. The lowest BCUT2D eigenvalue weighted by Gasteiger charge is -2.11. The first kappa shape index (κ1) is 16.7. The predicted octanol–water partition coefficient (Wildman–Crippen LogP) is 3.32. The molecule has 0 bridgehead atoms. The van der Waals surface area contributed by atoms with Gasteiger partial charge in [0.1, 0.15) is 0 Å². The quantitative estimate of drug-likeness (QED) is 0.532. The topological polar surface area (TPSA) is 75.1 Å². The molecule has 6 nitrogen and oxygen atoms in total. The van der Waals surface area contributed by atoms with Crippen molar-refractivity contribution in [2.45, 2.75) is 30.8 Å². The van der Waals surface area contributed by atoms with Crippen molar-refractivity contribution in [3.8, 4) is 0 Å². The average molecular weight is 365 g/mol. The first-order valence-electron chi connectivity index (χ1n) is 8.43. The van der Waals surface area contributed by atoms with E-state index in [9.17, 15) is 4.79 Å². The molecule has 2 N–H and O–H groups in total. The Morgan fingerprint density at radius 1 is 1.23 bits per heavy atom. The Morgan fingerprint density at radius 3 is 2.81 bits per heavy atom. The number of aryl methyl sites for hydroxylation is 1. The summed E-state index contributed by atoms with van der Waals surface area (Å²) in [5.41, 5.74) is 4.17. The number of hydrogen-bond acceptors (Lipinski definition) is 4. The Balaban J connectivity index is 1.47. The van der Waals surface area contributed by atoms with Gasteiger partial charge in [0.25, 0.3) is 0 Å². The molecule has 4 rings (SSSR count). The summed E-state index contributed by atoms with van der Waals surface area (Å²) < 4.78 is 1.95. The van der Waals surface area contributed by atoms with Gasteiger partial charge in [-0.05, 0) is 31.5 Å². The van der Waals surface area contributed by atoms with Crippen molar-refractivity contribution in [1.29, 1.82) is 0 Å². The molecule has 2 aromatic carbocycles. The second-order valence-electron chi connectivity index (χ2n) is 6.23. The summed E-state index contributed by atoms with van der Waals surface area (Å²) in [6.45, 7) is 4.45. The van der Waals surface area contributed by atoms with E-state index in [4.69, 9.17) is 0 Å². The SMILES string of the molecule is Cc1ccc(CNC(=O)[C@H](C)Sc2n[nH]c3nc4ccccc4n23)cc1. The predicted molar refractivity (Wildman–Crippen MR) is 103 cm³/mol. The molecule has 0 aliphatic rings. The lowest BCUT2D eigenvalue weighted by atomic mass is 10.1. The maximum absolute atomic E-state index is 12.5. The maximum atomic E-state index is 12.5. The Morgan fingerprint density at radius 2 is 2.00 bits per heavy atom. The van der Waals surface area contributed by atoms with Crippen molar-refractivity contribution >= 4 is 34.5 Å². The fourth-order valence-corrected chi connectivity index (χ4v) is 3.67. The number of nitrogens with zero attached hydrogens (tertiary/aromatic N) is 3. The number of H-pyrrole nitrogens is 1. The molecule has 4 aromatic rings. The number of amides is 1. The van der Waals surface area contributed by atoms with Crippen LogP contribution in [0.15, 0.2) is 53.7 Å². The van der Waals surface area contributed by atoms with Gasteiger partial charge in [0, 0.05) is 6.54 Å². The Hall–Kier alpha value is -2.80. The van der Waals surface area contributed by atoms with E-state index < -0.39 is 0 Å². The van der Waals surface area contributed by atoms with Crippen LogP contribution in [-0.4, -0.2) is 30.7 Å². The highest BCUT2D eigenvalue weighted by Gasteiger charge is 2.19. The Kier molecular flexibility index (Phi) is 4.38. The summed E-state index contributed by atoms with van der Waals surface area (Å²) in [6.07, 6.45) is 0. The number of nitrogens with one attached hydrogen (secondary N) is 2. The first-order valence-corrected chi connectivity index (χ1v) is 9.31. The van der Waals surface area contributed by atoms with Gasteiger partial charge in [0.05, 0.1) is 16.3 Å². The van der Waals surface area contributed by atoms with E-state index in [1.807, 2.05) is 66.8 Å². The number of carbonyl (C=O) groups is 1. The van der Waals surface area contributed by atoms with Crippen LogP contribution in [0, 0.1) is 6.92 Å². The van der Waals surface area contributed by atoms with Crippen LogP contribution in [-0.2, 0) is 11.3 Å². The molecule has 0 radical (unpaired) electrons. The molecule has 0 aliphatic heterocycles. The fraction of sp³-hybridized carbons (Fsp3) is 0.211. The van der Waals surface area contributed by atoms with Crippen molar-refractivity contribution < 1.29 is 4.79 Å². The molecule has 2 heterocycles. The van der Waals surface area contributed by atoms with Crippen molar-refractivity contribution in [2.75, 3.05) is 0 Å². The lowest BCUT2D eigenvalue weighted by molar-refractivity contribution is -0.120. The summed E-state index contributed by atoms with van der Waals surface area (Å²) in [5, 5.41) is 10.7. The number of aromatic nitrogens is 4. The molecule has 0 unspecified atom stereocenters. The zero-order valence-electron chi connectivity index (χ0n) is 14.6. The molecular weight excluding hydrogens is 346 g/mol. The van der Waals surface area contributed by atoms with Gasteiger partial charge in [0.2, 0.25) is 11.7 Å². The summed E-state index contributed by atoms with van der Waals surface area (Å²) in [7, 11) is 0. The van der Waals surface area contributed by atoms with Crippen molar-refractivity contribution in [3.63, 3.8) is 0 Å². The number of fused-ring (bicyclic) bond motifs is 3. The third-order valence-electron chi connectivity index (χ3n) is 4.24. The van der Waals surface area contributed by atoms with Crippen LogP contribution in [0.1, 0.15) is 18.1 Å². The zero-order chi connectivity index (χ0) is 18.1. The number of rotatable bonds is 5. The van der Waals surface area contributed by atoms with Gasteiger partial charge in [-0.15, -0.1) is 5.10 Å². The first-order chi connectivity index (χ1) is 12.6. The number of benzene rings is 2. The molecule has 1 amide bonds. The highest BCUT2D eigenvalue weighted by atomic mass is 32.2. The largest absolute Gasteiger partial charge is 0.351 e.